The van der Waals surface area contributed by atoms with Crippen molar-refractivity contribution in [2.45, 2.75) is 37.5 Å². The average Bonchev–Trinajstić information content (AvgIpc) is 2.44. The van der Waals surface area contributed by atoms with Crippen LogP contribution in [0.5, 0.6) is 0 Å². The first-order chi connectivity index (χ1) is 10.4. The Kier molecular flexibility index (Phi) is 5.13. The number of nitriles is 1. The van der Waals surface area contributed by atoms with Gasteiger partial charge in [-0.1, -0.05) is 6.92 Å². The van der Waals surface area contributed by atoms with Crippen LogP contribution in [-0.4, -0.2) is 23.8 Å². The molecule has 0 aliphatic carbocycles. The van der Waals surface area contributed by atoms with E-state index in [-0.39, 0.29) is 12.0 Å². The molecule has 0 saturated heterocycles. The Morgan fingerprint density at radius 3 is 2.43 bits per heavy atom. The molecule has 0 amide bonds. The van der Waals surface area contributed by atoms with Gasteiger partial charge in [0.25, 0.3) is 5.69 Å². The van der Waals surface area contributed by atoms with E-state index in [9.17, 15) is 22.9 Å². The summed E-state index contributed by atoms with van der Waals surface area (Å²) >= 11 is 0. The van der Waals surface area contributed by atoms with Crippen molar-refractivity contribution in [2.75, 3.05) is 5.75 Å². The average molecular weight is 343 g/mol. The van der Waals surface area contributed by atoms with Gasteiger partial charge in [-0.2, -0.15) is 5.26 Å². The molecule has 0 spiro atoms. The molecule has 0 aromatic heterocycles. The van der Waals surface area contributed by atoms with Crippen molar-refractivity contribution >= 4 is 15.5 Å². The van der Waals surface area contributed by atoms with Crippen molar-refractivity contribution in [1.29, 1.82) is 5.26 Å². The maximum absolute atomic E-state index is 14.0. The van der Waals surface area contributed by atoms with E-state index in [0.29, 0.717) is 0 Å². The molecule has 7 nitrogen and oxygen atoms in total. The van der Waals surface area contributed by atoms with Crippen LogP contribution in [-0.2, 0) is 15.4 Å². The normalized spacial score (nSPS) is 16.9. The van der Waals surface area contributed by atoms with Gasteiger partial charge in [-0.3, -0.25) is 10.1 Å². The molecule has 1 aromatic carbocycles. The minimum atomic E-state index is -4.00. The molecule has 9 heteroatoms. The molecule has 0 saturated carbocycles. The summed E-state index contributed by atoms with van der Waals surface area (Å²) in [6.07, 6.45) is 0.0410. The van der Waals surface area contributed by atoms with E-state index in [1.54, 1.807) is 13.0 Å². The first-order valence-electron chi connectivity index (χ1n) is 6.77. The maximum atomic E-state index is 14.0. The zero-order valence-corrected chi connectivity index (χ0v) is 13.9. The number of hydrogen-bond acceptors (Lipinski definition) is 6. The highest BCUT2D eigenvalue weighted by Gasteiger charge is 2.43. The standard InChI is InChI=1S/C14H18FN3O4S/c1-4-13(2,8-16)23(21,22)9-14(3,17)11-7-10(18(19)20)5-6-12(11)15/h5-7H,4,9,17H2,1-3H3/t13?,14-/m0/s1. The largest absolute Gasteiger partial charge is 0.321 e. The number of benzene rings is 1. The highest BCUT2D eigenvalue weighted by Crippen LogP contribution is 2.31. The van der Waals surface area contributed by atoms with Gasteiger partial charge in [-0.15, -0.1) is 0 Å². The number of nitro groups is 1. The molecule has 126 valence electrons. The van der Waals surface area contributed by atoms with Gasteiger partial charge < -0.3 is 5.73 Å². The zero-order valence-electron chi connectivity index (χ0n) is 13.0. The van der Waals surface area contributed by atoms with Gasteiger partial charge in [-0.25, -0.2) is 12.8 Å². The lowest BCUT2D eigenvalue weighted by Crippen LogP contribution is -2.47. The Bertz CT molecular complexity index is 771. The second kappa shape index (κ2) is 6.22. The van der Waals surface area contributed by atoms with Crippen molar-refractivity contribution in [2.24, 2.45) is 5.73 Å². The van der Waals surface area contributed by atoms with Crippen LogP contribution < -0.4 is 5.73 Å². The van der Waals surface area contributed by atoms with Gasteiger partial charge in [0, 0.05) is 17.7 Å². The summed E-state index contributed by atoms with van der Waals surface area (Å²) in [5.41, 5.74) is 3.55. The second-order valence-electron chi connectivity index (χ2n) is 5.79. The van der Waals surface area contributed by atoms with Crippen LogP contribution in [0.15, 0.2) is 18.2 Å². The van der Waals surface area contributed by atoms with Crippen molar-refractivity contribution in [3.63, 3.8) is 0 Å². The molecule has 0 bridgehead atoms. The molecule has 0 aliphatic heterocycles. The fraction of sp³-hybridized carbons (Fsp3) is 0.500. The molecule has 1 rings (SSSR count). The topological polar surface area (TPSA) is 127 Å². The van der Waals surface area contributed by atoms with Crippen molar-refractivity contribution in [3.8, 4) is 6.07 Å². The van der Waals surface area contributed by atoms with E-state index >= 15 is 0 Å². The lowest BCUT2D eigenvalue weighted by atomic mass is 9.94. The number of rotatable bonds is 6. The van der Waals surface area contributed by atoms with Gasteiger partial charge in [-0.05, 0) is 26.3 Å². The summed E-state index contributed by atoms with van der Waals surface area (Å²) in [6, 6.07) is 4.50. The van der Waals surface area contributed by atoms with Crippen LogP contribution in [0.4, 0.5) is 10.1 Å². The van der Waals surface area contributed by atoms with E-state index in [0.717, 1.165) is 18.2 Å². The highest BCUT2D eigenvalue weighted by atomic mass is 32.2. The minimum Gasteiger partial charge on any atom is -0.321 e. The Balaban J connectivity index is 3.36. The third kappa shape index (κ3) is 3.65. The number of nitrogens with zero attached hydrogens (tertiary/aromatic N) is 2. The molecule has 0 radical (unpaired) electrons. The molecule has 2 atom stereocenters. The van der Waals surface area contributed by atoms with Crippen molar-refractivity contribution < 1.29 is 17.7 Å². The Labute approximate surface area is 134 Å². The lowest BCUT2D eigenvalue weighted by Gasteiger charge is -2.29. The van der Waals surface area contributed by atoms with Gasteiger partial charge in [0.05, 0.1) is 22.3 Å². The Morgan fingerprint density at radius 2 is 2.00 bits per heavy atom. The van der Waals surface area contributed by atoms with Crippen LogP contribution in [0.3, 0.4) is 0 Å². The number of sulfone groups is 1. The van der Waals surface area contributed by atoms with E-state index in [1.807, 2.05) is 0 Å². The second-order valence-corrected chi connectivity index (χ2v) is 8.21. The van der Waals surface area contributed by atoms with Gasteiger partial charge in [0.1, 0.15) is 5.82 Å². The zero-order chi connectivity index (χ0) is 18.1. The lowest BCUT2D eigenvalue weighted by molar-refractivity contribution is -0.385. The summed E-state index contributed by atoms with van der Waals surface area (Å²) < 4.78 is 37.3. The summed E-state index contributed by atoms with van der Waals surface area (Å²) in [4.78, 5) is 10.1. The number of halogens is 1. The third-order valence-electron chi connectivity index (χ3n) is 3.86. The minimum absolute atomic E-state index is 0.0410. The Morgan fingerprint density at radius 1 is 1.43 bits per heavy atom. The van der Waals surface area contributed by atoms with E-state index < -0.39 is 42.3 Å². The van der Waals surface area contributed by atoms with Crippen LogP contribution in [0.25, 0.3) is 0 Å². The first kappa shape index (κ1) is 19.0. The summed E-state index contributed by atoms with van der Waals surface area (Å²) in [5, 5.41) is 19.9. The first-order valence-corrected chi connectivity index (χ1v) is 8.42. The molecule has 0 heterocycles. The predicted octanol–water partition coefficient (Wildman–Crippen LogP) is 2.01. The van der Waals surface area contributed by atoms with E-state index in [2.05, 4.69) is 0 Å². The highest BCUT2D eigenvalue weighted by molar-refractivity contribution is 7.93. The fourth-order valence-electron chi connectivity index (χ4n) is 2.06. The van der Waals surface area contributed by atoms with Gasteiger partial charge in [0.2, 0.25) is 0 Å². The van der Waals surface area contributed by atoms with Crippen molar-refractivity contribution in [1.82, 2.24) is 0 Å². The van der Waals surface area contributed by atoms with Crippen LogP contribution >= 0.6 is 0 Å². The molecular formula is C14H18FN3O4S. The molecule has 23 heavy (non-hydrogen) atoms. The maximum Gasteiger partial charge on any atom is 0.269 e. The van der Waals surface area contributed by atoms with E-state index in [4.69, 9.17) is 11.0 Å². The van der Waals surface area contributed by atoms with Gasteiger partial charge in [0.15, 0.2) is 14.6 Å². The van der Waals surface area contributed by atoms with E-state index in [1.165, 1.54) is 13.8 Å². The smallest absolute Gasteiger partial charge is 0.269 e. The van der Waals surface area contributed by atoms with Gasteiger partial charge >= 0.3 is 0 Å². The predicted molar refractivity (Wildman–Crippen MR) is 82.7 cm³/mol. The number of non-ortho nitro benzene ring substituents is 1. The molecular weight excluding hydrogens is 325 g/mol. The summed E-state index contributed by atoms with van der Waals surface area (Å²) in [5.74, 6) is -1.55. The monoisotopic (exact) mass is 343 g/mol. The van der Waals surface area contributed by atoms with Crippen LogP contribution in [0, 0.1) is 27.3 Å². The van der Waals surface area contributed by atoms with Crippen LogP contribution in [0.2, 0.25) is 0 Å². The van der Waals surface area contributed by atoms with Crippen LogP contribution in [0.1, 0.15) is 32.8 Å². The fourth-order valence-corrected chi connectivity index (χ4v) is 3.91. The molecule has 0 fully saturated rings. The number of nitrogens with two attached hydrogens (primary N) is 1. The molecule has 1 aromatic rings. The SMILES string of the molecule is CCC(C)(C#N)S(=O)(=O)C[C@](C)(N)c1cc([N+](=O)[O-])ccc1F. The summed E-state index contributed by atoms with van der Waals surface area (Å²) in [6.45, 7) is 4.07. The Hall–Kier alpha value is -2.05. The molecule has 0 aliphatic rings. The molecule has 1 unspecified atom stereocenters. The quantitative estimate of drug-likeness (QED) is 0.621. The third-order valence-corrected chi connectivity index (χ3v) is 6.60. The summed E-state index contributed by atoms with van der Waals surface area (Å²) in [7, 11) is -4.00. The number of nitro benzene ring substituents is 1. The molecule has 2 N–H and O–H groups in total. The number of hydrogen-bond donors (Lipinski definition) is 1. The van der Waals surface area contributed by atoms with Crippen molar-refractivity contribution in [3.05, 3.63) is 39.7 Å².